The van der Waals surface area contributed by atoms with Gasteiger partial charge in [0, 0.05) is 11.3 Å². The number of Topliss-reactive ketones (excluding diaryl/α,β-unsaturated/α-hetero) is 1. The minimum atomic E-state index is -0.456. The molecule has 0 saturated heterocycles. The van der Waals surface area contributed by atoms with Crippen molar-refractivity contribution in [3.8, 4) is 0 Å². The molecule has 1 amide bonds. The number of hydrogen-bond acceptors (Lipinski definition) is 2. The predicted octanol–water partition coefficient (Wildman–Crippen LogP) is 3.35. The summed E-state index contributed by atoms with van der Waals surface area (Å²) in [5.41, 5.74) is 1.33. The van der Waals surface area contributed by atoms with Crippen molar-refractivity contribution < 1.29 is 14.0 Å². The minimum Gasteiger partial charge on any atom is -0.326 e. The number of anilines is 1. The summed E-state index contributed by atoms with van der Waals surface area (Å²) >= 11 is 0. The first-order valence-corrected chi connectivity index (χ1v) is 6.20. The van der Waals surface area contributed by atoms with Gasteiger partial charge >= 0.3 is 0 Å². The maximum Gasteiger partial charge on any atom is 0.232 e. The van der Waals surface area contributed by atoms with Crippen LogP contribution < -0.4 is 5.32 Å². The Morgan fingerprint density at radius 1 is 1.10 bits per heavy atom. The van der Waals surface area contributed by atoms with Crippen LogP contribution in [0.5, 0.6) is 0 Å². The molecule has 0 unspecified atom stereocenters. The van der Waals surface area contributed by atoms with Gasteiger partial charge in [0.2, 0.25) is 5.91 Å². The Bertz CT molecular complexity index is 638. The first-order chi connectivity index (χ1) is 9.56. The van der Waals surface area contributed by atoms with Crippen LogP contribution in [0.2, 0.25) is 0 Å². The van der Waals surface area contributed by atoms with E-state index in [2.05, 4.69) is 5.32 Å². The van der Waals surface area contributed by atoms with Crippen molar-refractivity contribution in [3.05, 3.63) is 65.5 Å². The van der Waals surface area contributed by atoms with Crippen molar-refractivity contribution in [2.45, 2.75) is 13.3 Å². The Kier molecular flexibility index (Phi) is 4.25. The van der Waals surface area contributed by atoms with Gasteiger partial charge < -0.3 is 5.32 Å². The van der Waals surface area contributed by atoms with Crippen molar-refractivity contribution in [1.82, 2.24) is 0 Å². The van der Waals surface area contributed by atoms with Crippen LogP contribution in [-0.2, 0) is 4.79 Å². The average Bonchev–Trinajstić information content (AvgIpc) is 2.44. The fourth-order valence-electron chi connectivity index (χ4n) is 1.75. The highest BCUT2D eigenvalue weighted by Crippen LogP contribution is 2.14. The van der Waals surface area contributed by atoms with Crippen LogP contribution in [0.15, 0.2) is 48.5 Å². The largest absolute Gasteiger partial charge is 0.326 e. The number of amides is 1. The number of aryl methyl sites for hydroxylation is 1. The van der Waals surface area contributed by atoms with E-state index in [1.807, 2.05) is 0 Å². The second-order valence-electron chi connectivity index (χ2n) is 4.48. The molecule has 0 saturated carbocycles. The molecule has 2 aromatic rings. The van der Waals surface area contributed by atoms with Crippen molar-refractivity contribution >= 4 is 17.4 Å². The monoisotopic (exact) mass is 271 g/mol. The summed E-state index contributed by atoms with van der Waals surface area (Å²) in [7, 11) is 0. The van der Waals surface area contributed by atoms with E-state index in [-0.39, 0.29) is 12.2 Å². The van der Waals surface area contributed by atoms with Crippen molar-refractivity contribution in [2.24, 2.45) is 0 Å². The molecule has 1 N–H and O–H groups in total. The molecule has 2 aromatic carbocycles. The predicted molar refractivity (Wildman–Crippen MR) is 75.2 cm³/mol. The molecule has 0 fully saturated rings. The zero-order valence-corrected chi connectivity index (χ0v) is 11.0. The average molecular weight is 271 g/mol. The highest BCUT2D eigenvalue weighted by Gasteiger charge is 2.12. The fraction of sp³-hybridized carbons (Fsp3) is 0.125. The van der Waals surface area contributed by atoms with E-state index in [4.69, 9.17) is 0 Å². The molecule has 4 heteroatoms. The van der Waals surface area contributed by atoms with Crippen LogP contribution in [0.4, 0.5) is 10.1 Å². The summed E-state index contributed by atoms with van der Waals surface area (Å²) in [4.78, 5) is 23.6. The van der Waals surface area contributed by atoms with Crippen LogP contribution in [0.25, 0.3) is 0 Å². The van der Waals surface area contributed by atoms with Gasteiger partial charge in [-0.05, 0) is 24.6 Å². The van der Waals surface area contributed by atoms with Crippen molar-refractivity contribution in [3.63, 3.8) is 0 Å². The van der Waals surface area contributed by atoms with E-state index in [1.54, 1.807) is 49.4 Å². The van der Waals surface area contributed by atoms with E-state index in [0.717, 1.165) is 0 Å². The molecule has 0 radical (unpaired) electrons. The zero-order valence-electron chi connectivity index (χ0n) is 11.0. The molecule has 20 heavy (non-hydrogen) atoms. The number of benzene rings is 2. The van der Waals surface area contributed by atoms with Gasteiger partial charge in [-0.1, -0.05) is 36.4 Å². The highest BCUT2D eigenvalue weighted by molar-refractivity contribution is 6.10. The minimum absolute atomic E-state index is 0.264. The zero-order chi connectivity index (χ0) is 14.5. The van der Waals surface area contributed by atoms with Gasteiger partial charge in [0.05, 0.1) is 6.42 Å². The first-order valence-electron chi connectivity index (χ1n) is 6.20. The van der Waals surface area contributed by atoms with Crippen molar-refractivity contribution in [2.75, 3.05) is 5.32 Å². The van der Waals surface area contributed by atoms with Gasteiger partial charge in [0.1, 0.15) is 5.82 Å². The molecule has 0 aliphatic carbocycles. The van der Waals surface area contributed by atoms with Crippen LogP contribution in [0.3, 0.4) is 0 Å². The molecule has 0 aliphatic rings. The third kappa shape index (κ3) is 3.51. The molecule has 2 rings (SSSR count). The topological polar surface area (TPSA) is 46.2 Å². The maximum absolute atomic E-state index is 13.3. The van der Waals surface area contributed by atoms with Gasteiger partial charge in [-0.25, -0.2) is 4.39 Å². The molecule has 0 bridgehead atoms. The SMILES string of the molecule is Cc1ccc(NC(=O)CC(=O)c2ccccc2)cc1F. The van der Waals surface area contributed by atoms with E-state index < -0.39 is 11.7 Å². The second-order valence-corrected chi connectivity index (χ2v) is 4.48. The Morgan fingerprint density at radius 2 is 1.80 bits per heavy atom. The van der Waals surface area contributed by atoms with Gasteiger partial charge in [0.25, 0.3) is 0 Å². The molecule has 0 spiro atoms. The standard InChI is InChI=1S/C16H14FNO2/c1-11-7-8-13(9-14(11)17)18-16(20)10-15(19)12-5-3-2-4-6-12/h2-9H,10H2,1H3,(H,18,20). The van der Waals surface area contributed by atoms with Crippen LogP contribution in [-0.4, -0.2) is 11.7 Å². The summed E-state index contributed by atoms with van der Waals surface area (Å²) in [6.45, 7) is 1.64. The molecule has 0 heterocycles. The number of rotatable bonds is 4. The lowest BCUT2D eigenvalue weighted by atomic mass is 10.1. The number of carbonyl (C=O) groups excluding carboxylic acids is 2. The lowest BCUT2D eigenvalue weighted by Crippen LogP contribution is -2.16. The Balaban J connectivity index is 1.99. The Hall–Kier alpha value is -2.49. The fourth-order valence-corrected chi connectivity index (χ4v) is 1.75. The Morgan fingerprint density at radius 3 is 2.45 bits per heavy atom. The molecule has 0 aliphatic heterocycles. The van der Waals surface area contributed by atoms with E-state index in [9.17, 15) is 14.0 Å². The number of hydrogen-bond donors (Lipinski definition) is 1. The summed E-state index contributed by atoms with van der Waals surface area (Å²) in [5.74, 6) is -1.12. The quantitative estimate of drug-likeness (QED) is 0.684. The number of ketones is 1. The third-order valence-corrected chi connectivity index (χ3v) is 2.87. The second kappa shape index (κ2) is 6.10. The normalized spacial score (nSPS) is 10.1. The maximum atomic E-state index is 13.3. The molecule has 0 atom stereocenters. The lowest BCUT2D eigenvalue weighted by molar-refractivity contribution is -0.115. The lowest BCUT2D eigenvalue weighted by Gasteiger charge is -2.06. The highest BCUT2D eigenvalue weighted by atomic mass is 19.1. The van der Waals surface area contributed by atoms with Gasteiger partial charge in [-0.3, -0.25) is 9.59 Å². The molecule has 0 aromatic heterocycles. The summed E-state index contributed by atoms with van der Waals surface area (Å²) in [6, 6.07) is 13.0. The van der Waals surface area contributed by atoms with Crippen LogP contribution in [0.1, 0.15) is 22.3 Å². The summed E-state index contributed by atoms with van der Waals surface area (Å²) < 4.78 is 13.3. The van der Waals surface area contributed by atoms with Gasteiger partial charge in [-0.15, -0.1) is 0 Å². The summed E-state index contributed by atoms with van der Waals surface area (Å²) in [6.07, 6.45) is -0.264. The summed E-state index contributed by atoms with van der Waals surface area (Å²) in [5, 5.41) is 2.51. The van der Waals surface area contributed by atoms with Crippen LogP contribution >= 0.6 is 0 Å². The molecular formula is C16H14FNO2. The number of halogens is 1. The van der Waals surface area contributed by atoms with Crippen molar-refractivity contribution in [1.29, 1.82) is 0 Å². The van der Waals surface area contributed by atoms with Crippen LogP contribution in [0, 0.1) is 12.7 Å². The molecule has 3 nitrogen and oxygen atoms in total. The molecule has 102 valence electrons. The molecular weight excluding hydrogens is 257 g/mol. The van der Waals surface area contributed by atoms with E-state index in [1.165, 1.54) is 6.07 Å². The third-order valence-electron chi connectivity index (χ3n) is 2.87. The number of nitrogens with one attached hydrogen (secondary N) is 1. The number of carbonyl (C=O) groups is 2. The van der Waals surface area contributed by atoms with E-state index in [0.29, 0.717) is 16.8 Å². The van der Waals surface area contributed by atoms with Gasteiger partial charge in [0.15, 0.2) is 5.78 Å². The first kappa shape index (κ1) is 13.9. The van der Waals surface area contributed by atoms with Gasteiger partial charge in [-0.2, -0.15) is 0 Å². The smallest absolute Gasteiger partial charge is 0.232 e. The Labute approximate surface area is 116 Å². The van der Waals surface area contributed by atoms with E-state index >= 15 is 0 Å².